The van der Waals surface area contributed by atoms with Crippen molar-refractivity contribution in [2.45, 2.75) is 25.1 Å². The quantitative estimate of drug-likeness (QED) is 0.904. The van der Waals surface area contributed by atoms with Crippen molar-refractivity contribution in [3.8, 4) is 0 Å². The van der Waals surface area contributed by atoms with Crippen LogP contribution in [0.4, 0.5) is 0 Å². The number of hydrogen-bond donors (Lipinski definition) is 1. The van der Waals surface area contributed by atoms with Gasteiger partial charge in [-0.05, 0) is 19.1 Å². The van der Waals surface area contributed by atoms with E-state index >= 15 is 0 Å². The van der Waals surface area contributed by atoms with E-state index in [1.807, 2.05) is 30.8 Å². The minimum absolute atomic E-state index is 0.0450. The van der Waals surface area contributed by atoms with Crippen molar-refractivity contribution in [2.75, 3.05) is 39.3 Å². The fraction of sp³-hybridized carbons (Fsp3) is 0.625. The smallest absolute Gasteiger partial charge is 0.234 e. The van der Waals surface area contributed by atoms with E-state index in [1.165, 1.54) is 5.17 Å². The monoisotopic (exact) mass is 336 g/mol. The maximum absolute atomic E-state index is 12.2. The molecule has 126 valence electrons. The molecule has 2 aliphatic rings. The Labute approximate surface area is 141 Å². The molecule has 0 unspecified atom stereocenters. The second-order valence-corrected chi connectivity index (χ2v) is 7.53. The summed E-state index contributed by atoms with van der Waals surface area (Å²) >= 11 is 1.86. The van der Waals surface area contributed by atoms with Gasteiger partial charge in [0.2, 0.25) is 5.91 Å². The summed E-state index contributed by atoms with van der Waals surface area (Å²) in [5, 5.41) is 4.75. The molecule has 3 heterocycles. The number of carbonyl (C=O) groups excluding carboxylic acids is 1. The Morgan fingerprint density at radius 3 is 2.87 bits per heavy atom. The maximum Gasteiger partial charge on any atom is 0.234 e. The molecule has 1 aromatic rings. The first kappa shape index (κ1) is 16.4. The molecule has 0 bridgehead atoms. The van der Waals surface area contributed by atoms with Gasteiger partial charge in [-0.15, -0.1) is 0 Å². The van der Waals surface area contributed by atoms with E-state index in [0.717, 1.165) is 38.5 Å². The van der Waals surface area contributed by atoms with E-state index < -0.39 is 0 Å². The van der Waals surface area contributed by atoms with Crippen LogP contribution in [0.3, 0.4) is 0 Å². The van der Waals surface area contributed by atoms with E-state index in [9.17, 15) is 4.79 Å². The SMILES string of the molecule is C[C@H](NC(=O)CN1CCN(C2=NC[C@H](C)S2)CC1)c1ccco1. The molecule has 3 rings (SSSR count). The van der Waals surface area contributed by atoms with Gasteiger partial charge in [0.15, 0.2) is 5.17 Å². The molecule has 0 aromatic carbocycles. The number of aliphatic imine (C=N–C) groups is 1. The summed E-state index contributed by atoms with van der Waals surface area (Å²) < 4.78 is 5.32. The third kappa shape index (κ3) is 4.29. The average Bonchev–Trinajstić information content (AvgIpc) is 3.19. The number of furan rings is 1. The molecule has 23 heavy (non-hydrogen) atoms. The predicted octanol–water partition coefficient (Wildman–Crippen LogP) is 1.57. The topological polar surface area (TPSA) is 61.1 Å². The molecule has 6 nitrogen and oxygen atoms in total. The normalized spacial score (nSPS) is 23.7. The van der Waals surface area contributed by atoms with Crippen LogP contribution in [0.2, 0.25) is 0 Å². The number of thioether (sulfide) groups is 1. The lowest BCUT2D eigenvalue weighted by molar-refractivity contribution is -0.123. The van der Waals surface area contributed by atoms with Gasteiger partial charge < -0.3 is 14.6 Å². The number of nitrogens with one attached hydrogen (secondary N) is 1. The highest BCUT2D eigenvalue weighted by Gasteiger charge is 2.25. The summed E-state index contributed by atoms with van der Waals surface area (Å²) in [7, 11) is 0. The molecular formula is C16H24N4O2S. The van der Waals surface area contributed by atoms with Crippen molar-refractivity contribution in [3.63, 3.8) is 0 Å². The van der Waals surface area contributed by atoms with Crippen molar-refractivity contribution >= 4 is 22.8 Å². The van der Waals surface area contributed by atoms with E-state index in [-0.39, 0.29) is 11.9 Å². The molecule has 0 saturated carbocycles. The fourth-order valence-electron chi connectivity index (χ4n) is 2.83. The van der Waals surface area contributed by atoms with Crippen molar-refractivity contribution < 1.29 is 9.21 Å². The minimum atomic E-state index is -0.0930. The summed E-state index contributed by atoms with van der Waals surface area (Å²) in [6.07, 6.45) is 1.63. The zero-order chi connectivity index (χ0) is 16.2. The first-order chi connectivity index (χ1) is 11.1. The van der Waals surface area contributed by atoms with Crippen molar-refractivity contribution in [1.29, 1.82) is 0 Å². The second-order valence-electron chi connectivity index (χ2n) is 6.12. The number of amidine groups is 1. The van der Waals surface area contributed by atoms with E-state index in [0.29, 0.717) is 11.8 Å². The van der Waals surface area contributed by atoms with Crippen molar-refractivity contribution in [3.05, 3.63) is 24.2 Å². The van der Waals surface area contributed by atoms with Crippen LogP contribution in [0.15, 0.2) is 27.8 Å². The number of carbonyl (C=O) groups is 1. The van der Waals surface area contributed by atoms with Gasteiger partial charge in [0, 0.05) is 31.4 Å². The molecule has 0 radical (unpaired) electrons. The van der Waals surface area contributed by atoms with Crippen LogP contribution in [0.25, 0.3) is 0 Å². The number of amides is 1. The first-order valence-corrected chi connectivity index (χ1v) is 9.01. The highest BCUT2D eigenvalue weighted by Crippen LogP contribution is 2.23. The Morgan fingerprint density at radius 1 is 1.48 bits per heavy atom. The third-order valence-corrected chi connectivity index (χ3v) is 5.30. The predicted molar refractivity (Wildman–Crippen MR) is 92.6 cm³/mol. The van der Waals surface area contributed by atoms with Crippen molar-refractivity contribution in [1.82, 2.24) is 15.1 Å². The van der Waals surface area contributed by atoms with Gasteiger partial charge in [-0.1, -0.05) is 18.7 Å². The highest BCUT2D eigenvalue weighted by molar-refractivity contribution is 8.14. The Hall–Kier alpha value is -1.47. The van der Waals surface area contributed by atoms with Gasteiger partial charge >= 0.3 is 0 Å². The Kier molecular flexibility index (Phi) is 5.27. The highest BCUT2D eigenvalue weighted by atomic mass is 32.2. The molecular weight excluding hydrogens is 312 g/mol. The fourth-order valence-corrected chi connectivity index (χ4v) is 3.82. The zero-order valence-electron chi connectivity index (χ0n) is 13.7. The number of hydrogen-bond acceptors (Lipinski definition) is 6. The first-order valence-electron chi connectivity index (χ1n) is 8.13. The van der Waals surface area contributed by atoms with Crippen LogP contribution in [-0.4, -0.2) is 65.4 Å². The largest absolute Gasteiger partial charge is 0.467 e. The van der Waals surface area contributed by atoms with Gasteiger partial charge in [-0.3, -0.25) is 14.7 Å². The van der Waals surface area contributed by atoms with Crippen molar-refractivity contribution in [2.24, 2.45) is 4.99 Å². The summed E-state index contributed by atoms with van der Waals surface area (Å²) in [6, 6.07) is 3.62. The standard InChI is InChI=1S/C16H24N4O2S/c1-12-10-17-16(23-12)20-7-5-19(6-8-20)11-15(21)18-13(2)14-4-3-9-22-14/h3-4,9,12-13H,5-8,10-11H2,1-2H3,(H,18,21)/t12-,13-/m0/s1. The summed E-state index contributed by atoms with van der Waals surface area (Å²) in [6.45, 7) is 9.20. The zero-order valence-corrected chi connectivity index (χ0v) is 14.5. The Balaban J connectivity index is 1.41. The number of nitrogens with zero attached hydrogens (tertiary/aromatic N) is 3. The van der Waals surface area contributed by atoms with E-state index in [4.69, 9.17) is 4.42 Å². The van der Waals surface area contributed by atoms with E-state index in [2.05, 4.69) is 27.0 Å². The molecule has 1 fully saturated rings. The lowest BCUT2D eigenvalue weighted by atomic mass is 10.2. The number of rotatable bonds is 4. The molecule has 1 saturated heterocycles. The lowest BCUT2D eigenvalue weighted by Gasteiger charge is -2.35. The summed E-state index contributed by atoms with van der Waals surface area (Å²) in [4.78, 5) is 21.3. The second kappa shape index (κ2) is 7.40. The van der Waals surface area contributed by atoms with Crippen LogP contribution >= 0.6 is 11.8 Å². The van der Waals surface area contributed by atoms with Gasteiger partial charge in [0.1, 0.15) is 5.76 Å². The summed E-state index contributed by atoms with van der Waals surface area (Å²) in [5.74, 6) is 0.831. The Morgan fingerprint density at radius 2 is 2.26 bits per heavy atom. The van der Waals surface area contributed by atoms with Gasteiger partial charge in [-0.25, -0.2) is 0 Å². The van der Waals surface area contributed by atoms with Crippen LogP contribution in [0.5, 0.6) is 0 Å². The molecule has 0 spiro atoms. The third-order valence-electron chi connectivity index (χ3n) is 4.15. The Bertz CT molecular complexity index is 552. The summed E-state index contributed by atoms with van der Waals surface area (Å²) in [5.41, 5.74) is 0. The average molecular weight is 336 g/mol. The molecule has 7 heteroatoms. The van der Waals surface area contributed by atoms with Gasteiger partial charge in [-0.2, -0.15) is 0 Å². The lowest BCUT2D eigenvalue weighted by Crippen LogP contribution is -2.50. The van der Waals surface area contributed by atoms with Crippen LogP contribution in [-0.2, 0) is 4.79 Å². The van der Waals surface area contributed by atoms with Gasteiger partial charge in [0.25, 0.3) is 0 Å². The molecule has 0 aliphatic carbocycles. The van der Waals surface area contributed by atoms with Crippen LogP contribution < -0.4 is 5.32 Å². The van der Waals surface area contributed by atoms with Gasteiger partial charge in [0.05, 0.1) is 25.4 Å². The van der Waals surface area contributed by atoms with E-state index in [1.54, 1.807) is 6.26 Å². The molecule has 1 aromatic heterocycles. The number of piperazine rings is 1. The van der Waals surface area contributed by atoms with Crippen LogP contribution in [0.1, 0.15) is 25.6 Å². The minimum Gasteiger partial charge on any atom is -0.467 e. The maximum atomic E-state index is 12.2. The molecule has 1 N–H and O–H groups in total. The molecule has 2 atom stereocenters. The van der Waals surface area contributed by atoms with Crippen LogP contribution in [0, 0.1) is 0 Å². The molecule has 2 aliphatic heterocycles. The molecule has 1 amide bonds.